The van der Waals surface area contributed by atoms with Crippen LogP contribution >= 0.6 is 0 Å². The van der Waals surface area contributed by atoms with Crippen LogP contribution in [-0.4, -0.2) is 29.6 Å². The molecule has 0 saturated carbocycles. The fraction of sp³-hybridized carbons (Fsp3) is 0.529. The van der Waals surface area contributed by atoms with Gasteiger partial charge in [-0.25, -0.2) is 4.79 Å². The molecule has 1 unspecified atom stereocenters. The van der Waals surface area contributed by atoms with Gasteiger partial charge in [0.25, 0.3) is 0 Å². The third-order valence-electron chi connectivity index (χ3n) is 3.33. The van der Waals surface area contributed by atoms with Crippen molar-refractivity contribution in [3.63, 3.8) is 0 Å². The van der Waals surface area contributed by atoms with Crippen molar-refractivity contribution in [1.29, 1.82) is 0 Å². The van der Waals surface area contributed by atoms with Crippen LogP contribution in [0.15, 0.2) is 24.3 Å². The predicted octanol–water partition coefficient (Wildman–Crippen LogP) is 2.78. The van der Waals surface area contributed by atoms with Crippen molar-refractivity contribution >= 4 is 11.9 Å². The van der Waals surface area contributed by atoms with Gasteiger partial charge in [-0.05, 0) is 18.1 Å². The number of unbranched alkanes of at least 4 members (excludes halogenated alkanes) is 3. The Bertz CT molecular complexity index is 487. The van der Waals surface area contributed by atoms with E-state index in [-0.39, 0.29) is 12.3 Å². The van der Waals surface area contributed by atoms with Gasteiger partial charge in [-0.15, -0.1) is 0 Å². The van der Waals surface area contributed by atoms with Gasteiger partial charge < -0.3 is 15.2 Å². The lowest BCUT2D eigenvalue weighted by Gasteiger charge is -2.16. The molecule has 0 aliphatic carbocycles. The number of hydrogen-bond acceptors (Lipinski definition) is 3. The number of carboxylic acids is 1. The van der Waals surface area contributed by atoms with E-state index in [9.17, 15) is 14.7 Å². The predicted molar refractivity (Wildman–Crippen MR) is 85.0 cm³/mol. The summed E-state index contributed by atoms with van der Waals surface area (Å²) in [7, 11) is 0. The molecular weight excluding hydrogens is 282 g/mol. The Labute approximate surface area is 131 Å². The molecule has 22 heavy (non-hydrogen) atoms. The molecule has 0 spiro atoms. The van der Waals surface area contributed by atoms with Gasteiger partial charge in [-0.2, -0.15) is 0 Å². The van der Waals surface area contributed by atoms with E-state index in [4.69, 9.17) is 4.74 Å². The van der Waals surface area contributed by atoms with E-state index in [1.54, 1.807) is 0 Å². The van der Waals surface area contributed by atoms with Crippen molar-refractivity contribution in [1.82, 2.24) is 5.32 Å². The van der Waals surface area contributed by atoms with Gasteiger partial charge in [0.15, 0.2) is 0 Å². The number of benzene rings is 1. The molecule has 0 fully saturated rings. The minimum atomic E-state index is -1.05. The number of nitrogens with one attached hydrogen (secondary N) is 1. The third kappa shape index (κ3) is 6.61. The molecule has 122 valence electrons. The van der Waals surface area contributed by atoms with E-state index in [0.717, 1.165) is 18.4 Å². The lowest BCUT2D eigenvalue weighted by Crippen LogP contribution is -2.41. The van der Waals surface area contributed by atoms with E-state index in [1.165, 1.54) is 19.8 Å². The van der Waals surface area contributed by atoms with Crippen molar-refractivity contribution in [2.75, 3.05) is 6.61 Å². The highest BCUT2D eigenvalue weighted by atomic mass is 16.5. The smallest absolute Gasteiger partial charge is 0.326 e. The number of para-hydroxylation sites is 1. The van der Waals surface area contributed by atoms with E-state index in [2.05, 4.69) is 12.2 Å². The molecule has 5 nitrogen and oxygen atoms in total. The monoisotopic (exact) mass is 307 g/mol. The minimum Gasteiger partial charge on any atom is -0.493 e. The first-order valence-electron chi connectivity index (χ1n) is 7.75. The second-order valence-corrected chi connectivity index (χ2v) is 5.31. The summed E-state index contributed by atoms with van der Waals surface area (Å²) in [5, 5.41) is 11.6. The van der Waals surface area contributed by atoms with Crippen LogP contribution in [0.3, 0.4) is 0 Å². The number of carboxylic acid groups (broad SMARTS) is 1. The highest BCUT2D eigenvalue weighted by Crippen LogP contribution is 2.20. The fourth-order valence-electron chi connectivity index (χ4n) is 2.19. The Morgan fingerprint density at radius 2 is 1.95 bits per heavy atom. The molecule has 5 heteroatoms. The van der Waals surface area contributed by atoms with Crippen molar-refractivity contribution in [3.05, 3.63) is 29.8 Å². The molecule has 1 aromatic carbocycles. The van der Waals surface area contributed by atoms with Gasteiger partial charge in [-0.3, -0.25) is 4.79 Å². The summed E-state index contributed by atoms with van der Waals surface area (Å²) in [4.78, 5) is 22.3. The molecule has 1 aromatic rings. The number of ether oxygens (including phenoxy) is 1. The van der Waals surface area contributed by atoms with Crippen molar-refractivity contribution in [3.8, 4) is 5.75 Å². The van der Waals surface area contributed by atoms with E-state index in [0.29, 0.717) is 12.4 Å². The number of hydrogen-bond donors (Lipinski definition) is 2. The topological polar surface area (TPSA) is 75.6 Å². The zero-order chi connectivity index (χ0) is 16.4. The van der Waals surface area contributed by atoms with E-state index < -0.39 is 12.0 Å². The highest BCUT2D eigenvalue weighted by molar-refractivity contribution is 5.82. The lowest BCUT2D eigenvalue weighted by molar-refractivity contribution is -0.141. The Kier molecular flexibility index (Phi) is 8.04. The summed E-state index contributed by atoms with van der Waals surface area (Å²) in [5.74, 6) is -0.714. The summed E-state index contributed by atoms with van der Waals surface area (Å²) in [5.41, 5.74) is 0.791. The number of amides is 1. The van der Waals surface area contributed by atoms with Crippen LogP contribution in [0.1, 0.15) is 45.1 Å². The Morgan fingerprint density at radius 3 is 2.59 bits per heavy atom. The quantitative estimate of drug-likeness (QED) is 0.652. The molecule has 1 atom stereocenters. The van der Waals surface area contributed by atoms with Gasteiger partial charge in [0.1, 0.15) is 11.8 Å². The Morgan fingerprint density at radius 1 is 1.23 bits per heavy atom. The second-order valence-electron chi connectivity index (χ2n) is 5.31. The molecule has 1 rings (SSSR count). The van der Waals surface area contributed by atoms with Crippen LogP contribution in [0.25, 0.3) is 0 Å². The number of carbonyl (C=O) groups is 2. The highest BCUT2D eigenvalue weighted by Gasteiger charge is 2.20. The van der Waals surface area contributed by atoms with Gasteiger partial charge in [-0.1, -0.05) is 44.4 Å². The molecule has 0 saturated heterocycles. The van der Waals surface area contributed by atoms with Crippen LogP contribution in [-0.2, 0) is 16.0 Å². The average molecular weight is 307 g/mol. The zero-order valence-corrected chi connectivity index (χ0v) is 13.3. The van der Waals surface area contributed by atoms with E-state index >= 15 is 0 Å². The number of aliphatic carboxylic acids is 1. The number of carbonyl (C=O) groups excluding carboxylic acids is 1. The Balaban J connectivity index is 2.65. The maximum Gasteiger partial charge on any atom is 0.326 e. The molecule has 0 aromatic heterocycles. The van der Waals surface area contributed by atoms with Crippen LogP contribution in [0.4, 0.5) is 0 Å². The Hall–Kier alpha value is -2.04. The van der Waals surface area contributed by atoms with Gasteiger partial charge >= 0.3 is 5.97 Å². The maximum atomic E-state index is 11.2. The molecule has 0 aliphatic rings. The van der Waals surface area contributed by atoms with Crippen molar-refractivity contribution < 1.29 is 19.4 Å². The van der Waals surface area contributed by atoms with Crippen LogP contribution in [0, 0.1) is 0 Å². The molecule has 0 radical (unpaired) electrons. The molecule has 0 aliphatic heterocycles. The number of rotatable bonds is 10. The van der Waals surface area contributed by atoms with Gasteiger partial charge in [0, 0.05) is 13.3 Å². The molecule has 0 heterocycles. The zero-order valence-electron chi connectivity index (χ0n) is 13.3. The summed E-state index contributed by atoms with van der Waals surface area (Å²) in [6, 6.07) is 6.42. The van der Waals surface area contributed by atoms with Gasteiger partial charge in [0.05, 0.1) is 6.61 Å². The summed E-state index contributed by atoms with van der Waals surface area (Å²) >= 11 is 0. The summed E-state index contributed by atoms with van der Waals surface area (Å²) in [6.45, 7) is 4.09. The van der Waals surface area contributed by atoms with Crippen LogP contribution in [0.5, 0.6) is 5.75 Å². The van der Waals surface area contributed by atoms with Gasteiger partial charge in [0.2, 0.25) is 5.91 Å². The molecule has 1 amide bonds. The first-order chi connectivity index (χ1) is 10.5. The summed E-state index contributed by atoms with van der Waals surface area (Å²) < 4.78 is 5.76. The largest absolute Gasteiger partial charge is 0.493 e. The maximum absolute atomic E-state index is 11.2. The molecule has 2 N–H and O–H groups in total. The van der Waals surface area contributed by atoms with Crippen LogP contribution in [0.2, 0.25) is 0 Å². The fourth-order valence-corrected chi connectivity index (χ4v) is 2.19. The lowest BCUT2D eigenvalue weighted by atomic mass is 10.0. The van der Waals surface area contributed by atoms with Crippen LogP contribution < -0.4 is 10.1 Å². The second kappa shape index (κ2) is 9.82. The summed E-state index contributed by atoms with van der Waals surface area (Å²) in [6.07, 6.45) is 4.68. The molecular formula is C17H25NO4. The first-order valence-corrected chi connectivity index (χ1v) is 7.75. The molecule has 0 bridgehead atoms. The normalized spacial score (nSPS) is 11.7. The van der Waals surface area contributed by atoms with Crippen molar-refractivity contribution in [2.45, 2.75) is 52.0 Å². The van der Waals surface area contributed by atoms with Crippen molar-refractivity contribution in [2.24, 2.45) is 0 Å². The first kappa shape index (κ1) is 18.0. The van der Waals surface area contributed by atoms with E-state index in [1.807, 2.05) is 24.3 Å². The third-order valence-corrected chi connectivity index (χ3v) is 3.33. The SMILES string of the molecule is CCCCCCOc1ccccc1CC(NC(C)=O)C(=O)O. The minimum absolute atomic E-state index is 0.208. The standard InChI is InChI=1S/C17H25NO4/c1-3-4-5-8-11-22-16-10-7-6-9-14(16)12-15(17(20)21)18-13(2)19/h6-7,9-10,15H,3-5,8,11-12H2,1-2H3,(H,18,19)(H,20,21). The average Bonchev–Trinajstić information content (AvgIpc) is 2.47.